The maximum absolute atomic E-state index is 11.2. The van der Waals surface area contributed by atoms with Crippen LogP contribution in [0.4, 0.5) is 0 Å². The van der Waals surface area contributed by atoms with Gasteiger partial charge in [0.15, 0.2) is 0 Å². The van der Waals surface area contributed by atoms with Crippen LogP contribution >= 0.6 is 0 Å². The molecule has 1 aromatic heterocycles. The fourth-order valence-corrected chi connectivity index (χ4v) is 2.96. The lowest BCUT2D eigenvalue weighted by atomic mass is 9.58. The zero-order valence-electron chi connectivity index (χ0n) is 9.01. The summed E-state index contributed by atoms with van der Waals surface area (Å²) in [6.45, 7) is 2.48. The summed E-state index contributed by atoms with van der Waals surface area (Å²) in [6, 6.07) is 2.02. The van der Waals surface area contributed by atoms with Crippen molar-refractivity contribution in [3.8, 4) is 0 Å². The molecule has 1 saturated carbocycles. The van der Waals surface area contributed by atoms with Crippen LogP contribution in [0.25, 0.3) is 0 Å². The number of hydrogen-bond acceptors (Lipinski definition) is 3. The van der Waals surface area contributed by atoms with Gasteiger partial charge in [0.1, 0.15) is 0 Å². The number of carboxylic acids is 1. The van der Waals surface area contributed by atoms with Crippen molar-refractivity contribution < 1.29 is 14.6 Å². The quantitative estimate of drug-likeness (QED) is 0.810. The van der Waals surface area contributed by atoms with Gasteiger partial charge in [0, 0.05) is 17.8 Å². The number of fused-ring (bicyclic) bond motifs is 1. The van der Waals surface area contributed by atoms with Gasteiger partial charge in [0.2, 0.25) is 0 Å². The predicted octanol–water partition coefficient (Wildman–Crippen LogP) is 1.13. The minimum atomic E-state index is -0.754. The molecule has 0 amide bonds. The van der Waals surface area contributed by atoms with Crippen molar-refractivity contribution in [2.45, 2.75) is 24.9 Å². The smallest absolute Gasteiger partial charge is 0.310 e. The molecule has 84 valence electrons. The summed E-state index contributed by atoms with van der Waals surface area (Å²) in [5.41, 5.74) is 1.75. The van der Waals surface area contributed by atoms with Crippen molar-refractivity contribution in [1.29, 1.82) is 0 Å². The first kappa shape index (κ1) is 9.78. The van der Waals surface area contributed by atoms with E-state index in [-0.39, 0.29) is 11.5 Å². The topological polar surface area (TPSA) is 59.4 Å². The Morgan fingerprint density at radius 1 is 1.62 bits per heavy atom. The molecule has 16 heavy (non-hydrogen) atoms. The van der Waals surface area contributed by atoms with Crippen molar-refractivity contribution >= 4 is 5.97 Å². The molecule has 2 aliphatic heterocycles. The number of aliphatic carboxylic acids is 1. The Morgan fingerprint density at radius 3 is 3.06 bits per heavy atom. The molecule has 3 fully saturated rings. The van der Waals surface area contributed by atoms with Gasteiger partial charge in [0.05, 0.1) is 18.6 Å². The summed E-state index contributed by atoms with van der Waals surface area (Å²) in [7, 11) is 0. The zero-order valence-corrected chi connectivity index (χ0v) is 9.01. The lowest BCUT2D eigenvalue weighted by Gasteiger charge is -2.42. The Morgan fingerprint density at radius 2 is 2.44 bits per heavy atom. The molecule has 3 atom stereocenters. The third kappa shape index (κ3) is 1.08. The van der Waals surface area contributed by atoms with Crippen LogP contribution in [-0.4, -0.2) is 28.8 Å². The van der Waals surface area contributed by atoms with E-state index in [9.17, 15) is 9.90 Å². The molecule has 0 spiro atoms. The number of pyridine rings is 1. The fraction of sp³-hybridized carbons (Fsp3) is 0.500. The first-order valence-electron chi connectivity index (χ1n) is 5.40. The molecule has 4 nitrogen and oxygen atoms in total. The van der Waals surface area contributed by atoms with Crippen molar-refractivity contribution in [3.05, 3.63) is 29.6 Å². The summed E-state index contributed by atoms with van der Waals surface area (Å²) < 4.78 is 5.49. The fourth-order valence-electron chi connectivity index (χ4n) is 2.96. The van der Waals surface area contributed by atoms with Gasteiger partial charge in [-0.2, -0.15) is 0 Å². The molecule has 1 N–H and O–H groups in total. The number of nitrogens with zero attached hydrogens (tertiary/aromatic N) is 1. The van der Waals surface area contributed by atoms with Crippen LogP contribution in [0.5, 0.6) is 0 Å². The van der Waals surface area contributed by atoms with E-state index in [1.807, 2.05) is 13.0 Å². The minimum absolute atomic E-state index is 0.0991. The molecular formula is C12H13NO3. The first-order chi connectivity index (χ1) is 7.63. The maximum Gasteiger partial charge on any atom is 0.310 e. The Bertz CT molecular complexity index is 455. The Balaban J connectivity index is 2.03. The van der Waals surface area contributed by atoms with Gasteiger partial charge < -0.3 is 9.84 Å². The lowest BCUT2D eigenvalue weighted by molar-refractivity contribution is -0.150. The van der Waals surface area contributed by atoms with Gasteiger partial charge in [-0.15, -0.1) is 0 Å². The minimum Gasteiger partial charge on any atom is -0.481 e. The van der Waals surface area contributed by atoms with Gasteiger partial charge in [0.25, 0.3) is 0 Å². The lowest BCUT2D eigenvalue weighted by Crippen LogP contribution is -2.52. The van der Waals surface area contributed by atoms with E-state index in [0.717, 1.165) is 17.5 Å². The molecule has 2 bridgehead atoms. The molecule has 3 aliphatic rings. The van der Waals surface area contributed by atoms with E-state index >= 15 is 0 Å². The molecule has 0 radical (unpaired) electrons. The highest BCUT2D eigenvalue weighted by Gasteiger charge is 2.65. The largest absolute Gasteiger partial charge is 0.481 e. The number of hydrogen-bond donors (Lipinski definition) is 1. The second-order valence-electron chi connectivity index (χ2n) is 4.78. The standard InChI is InChI=1S/C12H13NO3/c1-7-2-8(5-13-4-7)12-3-9(16-6-12)10(12)11(14)15/h2,4-5,9-10H,3,6H2,1H3,(H,14,15)/t9-,10+,12-/m0/s1. The average Bonchev–Trinajstić information content (AvgIpc) is 2.74. The van der Waals surface area contributed by atoms with Crippen LogP contribution in [0.2, 0.25) is 0 Å². The number of ether oxygens (including phenoxy) is 1. The van der Waals surface area contributed by atoms with Crippen molar-refractivity contribution in [3.63, 3.8) is 0 Å². The molecule has 2 saturated heterocycles. The molecule has 3 heterocycles. The molecular weight excluding hydrogens is 206 g/mol. The van der Waals surface area contributed by atoms with Crippen molar-refractivity contribution in [1.82, 2.24) is 4.98 Å². The summed E-state index contributed by atoms with van der Waals surface area (Å²) in [5, 5.41) is 9.21. The Hall–Kier alpha value is -1.42. The number of aryl methyl sites for hydroxylation is 1. The summed E-state index contributed by atoms with van der Waals surface area (Å²) >= 11 is 0. The van der Waals surface area contributed by atoms with Crippen LogP contribution in [-0.2, 0) is 14.9 Å². The van der Waals surface area contributed by atoms with E-state index in [0.29, 0.717) is 6.61 Å². The average molecular weight is 219 g/mol. The highest BCUT2D eigenvalue weighted by atomic mass is 16.5. The van der Waals surface area contributed by atoms with Crippen LogP contribution in [0.15, 0.2) is 18.5 Å². The normalized spacial score (nSPS) is 35.8. The van der Waals surface area contributed by atoms with Crippen LogP contribution in [0.1, 0.15) is 17.5 Å². The third-order valence-electron chi connectivity index (χ3n) is 3.80. The first-order valence-corrected chi connectivity index (χ1v) is 5.40. The zero-order chi connectivity index (χ0) is 11.3. The summed E-state index contributed by atoms with van der Waals surface area (Å²) in [6.07, 6.45) is 4.27. The molecule has 0 aromatic carbocycles. The number of carboxylic acid groups (broad SMARTS) is 1. The van der Waals surface area contributed by atoms with Gasteiger partial charge in [-0.1, -0.05) is 6.07 Å². The van der Waals surface area contributed by atoms with Crippen molar-refractivity contribution in [2.75, 3.05) is 6.61 Å². The number of rotatable bonds is 2. The predicted molar refractivity (Wildman–Crippen MR) is 56.1 cm³/mol. The highest BCUT2D eigenvalue weighted by Crippen LogP contribution is 2.56. The van der Waals surface area contributed by atoms with Gasteiger partial charge in [-0.3, -0.25) is 9.78 Å². The van der Waals surface area contributed by atoms with E-state index in [2.05, 4.69) is 4.98 Å². The highest BCUT2D eigenvalue weighted by molar-refractivity contribution is 5.76. The molecule has 4 heteroatoms. The van der Waals surface area contributed by atoms with Crippen molar-refractivity contribution in [2.24, 2.45) is 5.92 Å². The molecule has 1 aliphatic carbocycles. The van der Waals surface area contributed by atoms with E-state index < -0.39 is 11.9 Å². The van der Waals surface area contributed by atoms with E-state index in [1.165, 1.54) is 0 Å². The Kier molecular flexibility index (Phi) is 1.86. The number of carbonyl (C=O) groups is 1. The number of aromatic nitrogens is 1. The van der Waals surface area contributed by atoms with Crippen LogP contribution in [0, 0.1) is 12.8 Å². The molecule has 1 aromatic rings. The molecule has 0 unspecified atom stereocenters. The summed E-state index contributed by atoms with van der Waals surface area (Å²) in [4.78, 5) is 15.3. The summed E-state index contributed by atoms with van der Waals surface area (Å²) in [5.74, 6) is -1.15. The van der Waals surface area contributed by atoms with E-state index in [1.54, 1.807) is 12.4 Å². The maximum atomic E-state index is 11.2. The molecule has 4 rings (SSSR count). The second kappa shape index (κ2) is 3.04. The SMILES string of the molecule is Cc1cncc([C@@]23CO[C@@H](C2)[C@@H]3C(=O)O)c1. The van der Waals surface area contributed by atoms with Gasteiger partial charge in [-0.05, 0) is 24.5 Å². The Labute approximate surface area is 93.3 Å². The third-order valence-corrected chi connectivity index (χ3v) is 3.80. The van der Waals surface area contributed by atoms with Crippen LogP contribution in [0.3, 0.4) is 0 Å². The van der Waals surface area contributed by atoms with Crippen LogP contribution < -0.4 is 0 Å². The van der Waals surface area contributed by atoms with Gasteiger partial charge >= 0.3 is 5.97 Å². The van der Waals surface area contributed by atoms with Gasteiger partial charge in [-0.25, -0.2) is 0 Å². The monoisotopic (exact) mass is 219 g/mol. The van der Waals surface area contributed by atoms with E-state index in [4.69, 9.17) is 4.74 Å². The second-order valence-corrected chi connectivity index (χ2v) is 4.78.